The van der Waals surface area contributed by atoms with Crippen molar-refractivity contribution in [2.45, 2.75) is 6.18 Å². The number of pyridine rings is 1. The number of hydrogen-bond acceptors (Lipinski definition) is 2. The zero-order valence-corrected chi connectivity index (χ0v) is 9.19. The van der Waals surface area contributed by atoms with Crippen LogP contribution in [0.2, 0.25) is 0 Å². The molecule has 2 nitrogen and oxygen atoms in total. The molecule has 0 bridgehead atoms. The molecular formula is C9H8BrF3N2. The van der Waals surface area contributed by atoms with Crippen LogP contribution in [0.3, 0.4) is 0 Å². The molecule has 1 N–H and O–H groups in total. The molecule has 0 unspecified atom stereocenters. The molecule has 15 heavy (non-hydrogen) atoms. The third kappa shape index (κ3) is 3.54. The molecule has 6 heteroatoms. The Morgan fingerprint density at radius 3 is 2.73 bits per heavy atom. The van der Waals surface area contributed by atoms with Gasteiger partial charge in [0.25, 0.3) is 0 Å². The summed E-state index contributed by atoms with van der Waals surface area (Å²) >= 11 is 3.04. The molecule has 1 heterocycles. The molecule has 1 aromatic heterocycles. The maximum Gasteiger partial charge on any atom is 0.419 e. The van der Waals surface area contributed by atoms with Gasteiger partial charge in [0.15, 0.2) is 0 Å². The van der Waals surface area contributed by atoms with Gasteiger partial charge >= 0.3 is 6.18 Å². The highest BCUT2D eigenvalue weighted by Gasteiger charge is 2.33. The fourth-order valence-electron chi connectivity index (χ4n) is 0.955. The Kier molecular flexibility index (Phi) is 3.73. The molecule has 0 amide bonds. The second-order valence-electron chi connectivity index (χ2n) is 2.77. The minimum atomic E-state index is -4.40. The van der Waals surface area contributed by atoms with Crippen molar-refractivity contribution in [3.05, 3.63) is 35.0 Å². The Hall–Kier alpha value is -1.04. The molecule has 0 aliphatic heterocycles. The predicted octanol–water partition coefficient (Wildman–Crippen LogP) is 3.42. The minimum Gasteiger partial charge on any atom is -0.365 e. The van der Waals surface area contributed by atoms with Gasteiger partial charge in [0, 0.05) is 17.2 Å². The number of alkyl halides is 3. The Morgan fingerprint density at radius 1 is 1.53 bits per heavy atom. The minimum absolute atomic E-state index is 0.189. The third-order valence-corrected chi connectivity index (χ3v) is 1.84. The maximum absolute atomic E-state index is 12.5. The van der Waals surface area contributed by atoms with Crippen molar-refractivity contribution in [1.29, 1.82) is 0 Å². The quantitative estimate of drug-likeness (QED) is 0.918. The van der Waals surface area contributed by atoms with Crippen LogP contribution in [0, 0.1) is 0 Å². The Labute approximate surface area is 93.3 Å². The van der Waals surface area contributed by atoms with Crippen LogP contribution in [0.5, 0.6) is 0 Å². The fraction of sp³-hybridized carbons (Fsp3) is 0.222. The second-order valence-corrected chi connectivity index (χ2v) is 3.89. The smallest absolute Gasteiger partial charge is 0.365 e. The highest BCUT2D eigenvalue weighted by molar-refractivity contribution is 9.11. The number of nitrogens with zero attached hydrogens (tertiary/aromatic N) is 1. The Balaban J connectivity index is 2.92. The van der Waals surface area contributed by atoms with Gasteiger partial charge in [-0.2, -0.15) is 13.2 Å². The average Bonchev–Trinajstić information content (AvgIpc) is 2.13. The molecule has 0 aromatic carbocycles. The van der Waals surface area contributed by atoms with Gasteiger partial charge < -0.3 is 5.32 Å². The molecule has 0 fully saturated rings. The summed E-state index contributed by atoms with van der Waals surface area (Å²) < 4.78 is 37.9. The molecule has 0 saturated heterocycles. The molecule has 0 radical (unpaired) electrons. The van der Waals surface area contributed by atoms with E-state index in [1.165, 1.54) is 12.3 Å². The number of hydrogen-bond donors (Lipinski definition) is 1. The summed E-state index contributed by atoms with van der Waals surface area (Å²) in [7, 11) is 0. The van der Waals surface area contributed by atoms with E-state index in [2.05, 4.69) is 32.8 Å². The van der Waals surface area contributed by atoms with Crippen LogP contribution in [0.15, 0.2) is 29.4 Å². The lowest BCUT2D eigenvalue weighted by Gasteiger charge is -2.12. The molecule has 0 spiro atoms. The van der Waals surface area contributed by atoms with Crippen LogP contribution >= 0.6 is 15.9 Å². The van der Waals surface area contributed by atoms with Crippen LogP contribution in [0.4, 0.5) is 19.0 Å². The standard InChI is InChI=1S/C9H8BrF3N2/c1-6(10)5-15-8-7(9(11,12)13)3-2-4-14-8/h2-4H,1,5H2,(H,14,15). The lowest BCUT2D eigenvalue weighted by atomic mass is 10.2. The van der Waals surface area contributed by atoms with Gasteiger partial charge in [-0.25, -0.2) is 4.98 Å². The van der Waals surface area contributed by atoms with E-state index in [9.17, 15) is 13.2 Å². The van der Waals surface area contributed by atoms with E-state index in [1.807, 2.05) is 0 Å². The molecule has 0 saturated carbocycles. The summed E-state index contributed by atoms with van der Waals surface area (Å²) in [6.07, 6.45) is -3.10. The average molecular weight is 281 g/mol. The van der Waals surface area contributed by atoms with E-state index >= 15 is 0 Å². The Morgan fingerprint density at radius 2 is 2.20 bits per heavy atom. The summed E-state index contributed by atoms with van der Waals surface area (Å²) in [5, 5.41) is 2.54. The topological polar surface area (TPSA) is 24.9 Å². The van der Waals surface area contributed by atoms with Crippen molar-refractivity contribution in [3.8, 4) is 0 Å². The number of anilines is 1. The fourth-order valence-corrected chi connectivity index (χ4v) is 1.09. The van der Waals surface area contributed by atoms with Crippen molar-refractivity contribution < 1.29 is 13.2 Å². The number of nitrogens with one attached hydrogen (secondary N) is 1. The summed E-state index contributed by atoms with van der Waals surface area (Å²) in [6, 6.07) is 2.23. The van der Waals surface area contributed by atoms with Gasteiger partial charge in [-0.1, -0.05) is 22.5 Å². The first kappa shape index (κ1) is 12.0. The highest BCUT2D eigenvalue weighted by atomic mass is 79.9. The highest BCUT2D eigenvalue weighted by Crippen LogP contribution is 2.33. The summed E-state index contributed by atoms with van der Waals surface area (Å²) in [4.78, 5) is 3.62. The number of rotatable bonds is 3. The number of halogens is 4. The predicted molar refractivity (Wildman–Crippen MR) is 55.8 cm³/mol. The maximum atomic E-state index is 12.5. The zero-order chi connectivity index (χ0) is 11.5. The van der Waals surface area contributed by atoms with Crippen molar-refractivity contribution in [1.82, 2.24) is 4.98 Å². The molecule has 0 aliphatic rings. The molecule has 1 rings (SSSR count). The van der Waals surface area contributed by atoms with Crippen LogP contribution in [-0.2, 0) is 6.18 Å². The van der Waals surface area contributed by atoms with Gasteiger partial charge in [0.05, 0.1) is 5.56 Å². The van der Waals surface area contributed by atoms with Crippen molar-refractivity contribution >= 4 is 21.7 Å². The van der Waals surface area contributed by atoms with Gasteiger partial charge in [0.1, 0.15) is 5.82 Å². The summed E-state index contributed by atoms with van der Waals surface area (Å²) in [6.45, 7) is 3.70. The monoisotopic (exact) mass is 280 g/mol. The molecule has 0 aliphatic carbocycles. The summed E-state index contributed by atoms with van der Waals surface area (Å²) in [5.74, 6) is -0.189. The zero-order valence-electron chi connectivity index (χ0n) is 7.61. The first-order valence-corrected chi connectivity index (χ1v) is 4.80. The van der Waals surface area contributed by atoms with Gasteiger partial charge in [-0.15, -0.1) is 0 Å². The van der Waals surface area contributed by atoms with Crippen molar-refractivity contribution in [2.24, 2.45) is 0 Å². The normalized spacial score (nSPS) is 11.2. The van der Waals surface area contributed by atoms with Crippen LogP contribution in [-0.4, -0.2) is 11.5 Å². The number of aromatic nitrogens is 1. The molecular weight excluding hydrogens is 273 g/mol. The van der Waals surface area contributed by atoms with E-state index in [0.29, 0.717) is 4.48 Å². The van der Waals surface area contributed by atoms with Crippen molar-refractivity contribution in [2.75, 3.05) is 11.9 Å². The van der Waals surface area contributed by atoms with E-state index in [0.717, 1.165) is 6.07 Å². The lowest BCUT2D eigenvalue weighted by molar-refractivity contribution is -0.137. The third-order valence-electron chi connectivity index (χ3n) is 1.56. The summed E-state index contributed by atoms with van der Waals surface area (Å²) in [5.41, 5.74) is -0.779. The van der Waals surface area contributed by atoms with Gasteiger partial charge in [-0.3, -0.25) is 0 Å². The first-order chi connectivity index (χ1) is 6.91. The Bertz CT molecular complexity index is 363. The SMILES string of the molecule is C=C(Br)CNc1ncccc1C(F)(F)F. The molecule has 1 aromatic rings. The largest absolute Gasteiger partial charge is 0.419 e. The van der Waals surface area contributed by atoms with Crippen LogP contribution in [0.25, 0.3) is 0 Å². The molecule has 0 atom stereocenters. The van der Waals surface area contributed by atoms with Gasteiger partial charge in [-0.05, 0) is 12.1 Å². The van der Waals surface area contributed by atoms with E-state index < -0.39 is 11.7 Å². The molecule has 82 valence electrons. The van der Waals surface area contributed by atoms with Crippen LogP contribution < -0.4 is 5.32 Å². The second kappa shape index (κ2) is 4.65. The van der Waals surface area contributed by atoms with E-state index in [1.54, 1.807) is 0 Å². The first-order valence-electron chi connectivity index (χ1n) is 4.00. The van der Waals surface area contributed by atoms with Crippen LogP contribution in [0.1, 0.15) is 5.56 Å². The lowest BCUT2D eigenvalue weighted by Crippen LogP contribution is -2.12. The van der Waals surface area contributed by atoms with Crippen molar-refractivity contribution in [3.63, 3.8) is 0 Å². The van der Waals surface area contributed by atoms with E-state index in [4.69, 9.17) is 0 Å². The van der Waals surface area contributed by atoms with E-state index in [-0.39, 0.29) is 12.4 Å². The van der Waals surface area contributed by atoms with Gasteiger partial charge in [0.2, 0.25) is 0 Å².